The first kappa shape index (κ1) is 15.2. The lowest BCUT2D eigenvalue weighted by atomic mass is 10.4. The van der Waals surface area contributed by atoms with Crippen molar-refractivity contribution >= 4 is 33.5 Å². The van der Waals surface area contributed by atoms with E-state index in [1.807, 2.05) is 11.8 Å². The highest BCUT2D eigenvalue weighted by Crippen LogP contribution is 2.16. The van der Waals surface area contributed by atoms with Crippen LogP contribution < -0.4 is 10.2 Å². The average Bonchev–Trinajstić information content (AvgIpc) is 2.37. The molecule has 10 heteroatoms. The molecule has 0 aliphatic carbocycles. The van der Waals surface area contributed by atoms with E-state index < -0.39 is 10.0 Å². The van der Waals surface area contributed by atoms with Crippen LogP contribution in [0.15, 0.2) is 0 Å². The van der Waals surface area contributed by atoms with Gasteiger partial charge in [-0.3, -0.25) is 0 Å². The van der Waals surface area contributed by atoms with Crippen molar-refractivity contribution in [1.29, 1.82) is 0 Å². The minimum absolute atomic E-state index is 0.122. The molecule has 1 saturated heterocycles. The molecule has 1 aromatic rings. The normalized spacial score (nSPS) is 17.2. The second-order valence-corrected chi connectivity index (χ2v) is 6.73. The zero-order valence-corrected chi connectivity index (χ0v) is 12.9. The summed E-state index contributed by atoms with van der Waals surface area (Å²) in [5.41, 5.74) is 0. The molecule has 1 aliphatic rings. The summed E-state index contributed by atoms with van der Waals surface area (Å²) in [6.45, 7) is 4.50. The highest BCUT2D eigenvalue weighted by Gasteiger charge is 2.25. The summed E-state index contributed by atoms with van der Waals surface area (Å²) in [5.74, 6) is 0.891. The quantitative estimate of drug-likeness (QED) is 0.837. The topological polar surface area (TPSA) is 91.3 Å². The van der Waals surface area contributed by atoms with Crippen molar-refractivity contribution < 1.29 is 8.42 Å². The second kappa shape index (κ2) is 6.06. The highest BCUT2D eigenvalue weighted by molar-refractivity contribution is 7.88. The van der Waals surface area contributed by atoms with Gasteiger partial charge in [-0.1, -0.05) is 0 Å². The molecule has 0 spiro atoms. The summed E-state index contributed by atoms with van der Waals surface area (Å²) < 4.78 is 24.4. The largest absolute Gasteiger partial charge is 0.354 e. The number of hydrogen-bond donors (Lipinski definition) is 1. The van der Waals surface area contributed by atoms with Crippen molar-refractivity contribution in [3.05, 3.63) is 5.28 Å². The number of rotatable bonds is 4. The molecule has 0 aromatic carbocycles. The Labute approximate surface area is 123 Å². The third-order valence-electron chi connectivity index (χ3n) is 2.92. The summed E-state index contributed by atoms with van der Waals surface area (Å²) >= 11 is 5.87. The molecule has 112 valence electrons. The Morgan fingerprint density at radius 3 is 2.40 bits per heavy atom. The molecule has 0 saturated carbocycles. The molecule has 20 heavy (non-hydrogen) atoms. The second-order valence-electron chi connectivity index (χ2n) is 4.41. The summed E-state index contributed by atoms with van der Waals surface area (Å²) in [6, 6.07) is 0. The first-order valence-electron chi connectivity index (χ1n) is 6.25. The predicted molar refractivity (Wildman–Crippen MR) is 77.6 cm³/mol. The van der Waals surface area contributed by atoms with Crippen LogP contribution in [0.3, 0.4) is 0 Å². The average molecular weight is 321 g/mol. The molecular weight excluding hydrogens is 304 g/mol. The highest BCUT2D eigenvalue weighted by atomic mass is 35.5. The first-order chi connectivity index (χ1) is 9.40. The Bertz CT molecular complexity index is 573. The minimum Gasteiger partial charge on any atom is -0.354 e. The molecule has 0 atom stereocenters. The molecule has 8 nitrogen and oxygen atoms in total. The molecule has 2 rings (SSSR count). The molecule has 1 aromatic heterocycles. The van der Waals surface area contributed by atoms with Crippen LogP contribution in [0.1, 0.15) is 6.92 Å². The zero-order chi connectivity index (χ0) is 14.8. The Balaban J connectivity index is 2.10. The fraction of sp³-hybridized carbons (Fsp3) is 0.700. The van der Waals surface area contributed by atoms with Gasteiger partial charge >= 0.3 is 0 Å². The SMILES string of the molecule is CCNc1nc(Cl)nc(N2CCN(S(C)(=O)=O)CC2)n1. The van der Waals surface area contributed by atoms with Crippen LogP contribution in [0.5, 0.6) is 0 Å². The lowest BCUT2D eigenvalue weighted by molar-refractivity contribution is 0.385. The smallest absolute Gasteiger partial charge is 0.231 e. The number of sulfonamides is 1. The summed E-state index contributed by atoms with van der Waals surface area (Å²) in [7, 11) is -3.14. The maximum absolute atomic E-state index is 11.5. The van der Waals surface area contributed by atoms with Gasteiger partial charge < -0.3 is 10.2 Å². The van der Waals surface area contributed by atoms with Gasteiger partial charge in [-0.05, 0) is 18.5 Å². The van der Waals surface area contributed by atoms with Crippen LogP contribution in [0, 0.1) is 0 Å². The van der Waals surface area contributed by atoms with Crippen LogP contribution in [0.4, 0.5) is 11.9 Å². The number of anilines is 2. The van der Waals surface area contributed by atoms with E-state index >= 15 is 0 Å². The van der Waals surface area contributed by atoms with E-state index in [0.717, 1.165) is 0 Å². The van der Waals surface area contributed by atoms with Gasteiger partial charge in [0.1, 0.15) is 0 Å². The van der Waals surface area contributed by atoms with Gasteiger partial charge in [-0.15, -0.1) is 0 Å². The lowest BCUT2D eigenvalue weighted by Crippen LogP contribution is -2.48. The Hall–Kier alpha value is -1.19. The lowest BCUT2D eigenvalue weighted by Gasteiger charge is -2.33. The molecule has 1 aliphatic heterocycles. The van der Waals surface area contributed by atoms with Crippen LogP contribution in [0.2, 0.25) is 5.28 Å². The van der Waals surface area contributed by atoms with Crippen LogP contribution >= 0.6 is 11.6 Å². The predicted octanol–water partition coefficient (Wildman–Crippen LogP) is 0.0384. The van der Waals surface area contributed by atoms with Gasteiger partial charge in [0.05, 0.1) is 6.26 Å². The van der Waals surface area contributed by atoms with Gasteiger partial charge in [0, 0.05) is 32.7 Å². The maximum atomic E-state index is 11.5. The minimum atomic E-state index is -3.14. The van der Waals surface area contributed by atoms with Gasteiger partial charge in [-0.2, -0.15) is 19.3 Å². The summed E-state index contributed by atoms with van der Waals surface area (Å²) in [4.78, 5) is 14.2. The molecule has 0 bridgehead atoms. The Morgan fingerprint density at radius 2 is 1.85 bits per heavy atom. The molecule has 1 fully saturated rings. The number of hydrogen-bond acceptors (Lipinski definition) is 7. The van der Waals surface area contributed by atoms with E-state index in [1.165, 1.54) is 10.6 Å². The van der Waals surface area contributed by atoms with Crippen molar-refractivity contribution in [1.82, 2.24) is 19.3 Å². The molecule has 0 radical (unpaired) electrons. The molecular formula is C10H17ClN6O2S. The third-order valence-corrected chi connectivity index (χ3v) is 4.39. The van der Waals surface area contributed by atoms with E-state index in [0.29, 0.717) is 44.6 Å². The van der Waals surface area contributed by atoms with Crippen molar-refractivity contribution in [3.8, 4) is 0 Å². The van der Waals surface area contributed by atoms with Gasteiger partial charge in [-0.25, -0.2) is 8.42 Å². The van der Waals surface area contributed by atoms with Crippen LogP contribution in [-0.4, -0.2) is 66.7 Å². The van der Waals surface area contributed by atoms with E-state index in [-0.39, 0.29) is 5.28 Å². The van der Waals surface area contributed by atoms with Crippen molar-refractivity contribution in [2.24, 2.45) is 0 Å². The molecule has 0 unspecified atom stereocenters. The monoisotopic (exact) mass is 320 g/mol. The van der Waals surface area contributed by atoms with Crippen LogP contribution in [-0.2, 0) is 10.0 Å². The number of halogens is 1. The van der Waals surface area contributed by atoms with Crippen molar-refractivity contribution in [3.63, 3.8) is 0 Å². The fourth-order valence-corrected chi connectivity index (χ4v) is 2.92. The van der Waals surface area contributed by atoms with Crippen LogP contribution in [0.25, 0.3) is 0 Å². The van der Waals surface area contributed by atoms with E-state index in [9.17, 15) is 8.42 Å². The number of nitrogens with zero attached hydrogens (tertiary/aromatic N) is 5. The fourth-order valence-electron chi connectivity index (χ4n) is 1.94. The Morgan fingerprint density at radius 1 is 1.20 bits per heavy atom. The number of aromatic nitrogens is 3. The van der Waals surface area contributed by atoms with Crippen molar-refractivity contribution in [2.75, 3.05) is 49.2 Å². The summed E-state index contributed by atoms with van der Waals surface area (Å²) in [6.07, 6.45) is 1.21. The van der Waals surface area contributed by atoms with E-state index in [2.05, 4.69) is 20.3 Å². The first-order valence-corrected chi connectivity index (χ1v) is 8.48. The van der Waals surface area contributed by atoms with Gasteiger partial charge in [0.25, 0.3) is 0 Å². The molecule has 0 amide bonds. The maximum Gasteiger partial charge on any atom is 0.231 e. The molecule has 1 N–H and O–H groups in total. The van der Waals surface area contributed by atoms with E-state index in [4.69, 9.17) is 11.6 Å². The number of piperazine rings is 1. The Kier molecular flexibility index (Phi) is 4.61. The van der Waals surface area contributed by atoms with E-state index in [1.54, 1.807) is 0 Å². The number of nitrogens with one attached hydrogen (secondary N) is 1. The third kappa shape index (κ3) is 3.68. The molecule has 2 heterocycles. The van der Waals surface area contributed by atoms with Crippen molar-refractivity contribution in [2.45, 2.75) is 6.92 Å². The zero-order valence-electron chi connectivity index (χ0n) is 11.4. The standard InChI is InChI=1S/C10H17ClN6O2S/c1-3-12-9-13-8(11)14-10(15-9)16-4-6-17(7-5-16)20(2,18)19/h3-7H2,1-2H3,(H,12,13,14,15). The summed E-state index contributed by atoms with van der Waals surface area (Å²) in [5, 5.41) is 3.10. The van der Waals surface area contributed by atoms with Gasteiger partial charge in [0.2, 0.25) is 27.2 Å². The van der Waals surface area contributed by atoms with Gasteiger partial charge in [0.15, 0.2) is 0 Å².